The maximum Gasteiger partial charge on any atom is 0.308 e. The highest BCUT2D eigenvalue weighted by Gasteiger charge is 2.11. The van der Waals surface area contributed by atoms with E-state index in [2.05, 4.69) is 5.32 Å². The fraction of sp³-hybridized carbons (Fsp3) is 0.174. The van der Waals surface area contributed by atoms with E-state index in [4.69, 9.17) is 4.74 Å². The highest BCUT2D eigenvalue weighted by Crippen LogP contribution is 2.15. The van der Waals surface area contributed by atoms with Crippen molar-refractivity contribution in [3.8, 4) is 0 Å². The predicted octanol–water partition coefficient (Wildman–Crippen LogP) is 3.69. The van der Waals surface area contributed by atoms with Gasteiger partial charge in [0.1, 0.15) is 0 Å². The molecule has 0 aliphatic rings. The number of benzene rings is 3. The molecule has 1 amide bonds. The average molecular weight is 375 g/mol. The number of carbonyl (C=O) groups is 3. The number of fused-ring (bicyclic) bond motifs is 1. The van der Waals surface area contributed by atoms with Gasteiger partial charge in [0.15, 0.2) is 12.4 Å². The first-order valence-corrected chi connectivity index (χ1v) is 9.05. The summed E-state index contributed by atoms with van der Waals surface area (Å²) in [5.41, 5.74) is 2.08. The lowest BCUT2D eigenvalue weighted by Gasteiger charge is -2.07. The Hall–Kier alpha value is -3.47. The molecule has 0 saturated carbocycles. The summed E-state index contributed by atoms with van der Waals surface area (Å²) < 4.78 is 4.99. The quantitative estimate of drug-likeness (QED) is 0.505. The molecule has 0 saturated heterocycles. The van der Waals surface area contributed by atoms with E-state index in [1.807, 2.05) is 55.5 Å². The number of hydrogen-bond acceptors (Lipinski definition) is 4. The Morgan fingerprint density at radius 2 is 1.54 bits per heavy atom. The van der Waals surface area contributed by atoms with Crippen LogP contribution in [0.3, 0.4) is 0 Å². The number of aryl methyl sites for hydroxylation is 1. The highest BCUT2D eigenvalue weighted by molar-refractivity contribution is 5.99. The van der Waals surface area contributed by atoms with Gasteiger partial charge in [-0.1, -0.05) is 60.2 Å². The van der Waals surface area contributed by atoms with Gasteiger partial charge in [-0.15, -0.1) is 0 Å². The van der Waals surface area contributed by atoms with Crippen LogP contribution in [0.15, 0.2) is 66.7 Å². The zero-order valence-corrected chi connectivity index (χ0v) is 15.6. The molecule has 5 nitrogen and oxygen atoms in total. The summed E-state index contributed by atoms with van der Waals surface area (Å²) in [5, 5.41) is 4.73. The summed E-state index contributed by atoms with van der Waals surface area (Å²) in [6.45, 7) is 1.77. The Kier molecular flexibility index (Phi) is 6.17. The van der Waals surface area contributed by atoms with Crippen molar-refractivity contribution in [1.29, 1.82) is 0 Å². The molecule has 0 aromatic heterocycles. The van der Waals surface area contributed by atoms with Gasteiger partial charge in [-0.2, -0.15) is 0 Å². The molecule has 0 aliphatic carbocycles. The van der Waals surface area contributed by atoms with Gasteiger partial charge in [-0.3, -0.25) is 14.4 Å². The normalized spacial score (nSPS) is 10.5. The van der Waals surface area contributed by atoms with E-state index in [0.29, 0.717) is 11.1 Å². The number of rotatable bonds is 7. The molecule has 3 rings (SSSR count). The number of esters is 1. The number of Topliss-reactive ketones (excluding diaryl/α,β-unsaturated/α-hetero) is 1. The van der Waals surface area contributed by atoms with Crippen LogP contribution in [0.4, 0.5) is 0 Å². The Labute approximate surface area is 163 Å². The molecule has 5 heteroatoms. The summed E-state index contributed by atoms with van der Waals surface area (Å²) in [5.74, 6) is -1.04. The van der Waals surface area contributed by atoms with E-state index in [1.165, 1.54) is 0 Å². The highest BCUT2D eigenvalue weighted by atomic mass is 16.5. The number of nitrogens with one attached hydrogen (secondary N) is 1. The Bertz CT molecular complexity index is 1010. The van der Waals surface area contributed by atoms with Crippen molar-refractivity contribution in [3.05, 3.63) is 83.4 Å². The monoisotopic (exact) mass is 375 g/mol. The second kappa shape index (κ2) is 8.95. The van der Waals surface area contributed by atoms with Crippen molar-refractivity contribution >= 4 is 28.4 Å². The van der Waals surface area contributed by atoms with E-state index < -0.39 is 5.97 Å². The molecule has 0 unspecified atom stereocenters. The molecule has 0 fully saturated rings. The van der Waals surface area contributed by atoms with Gasteiger partial charge in [0, 0.05) is 17.7 Å². The van der Waals surface area contributed by atoms with Crippen molar-refractivity contribution in [2.45, 2.75) is 13.3 Å². The van der Waals surface area contributed by atoms with Gasteiger partial charge in [0.25, 0.3) is 5.91 Å². The maximum absolute atomic E-state index is 12.2. The van der Waals surface area contributed by atoms with Crippen LogP contribution in [-0.2, 0) is 9.53 Å². The standard InChI is InChI=1S/C23H21NO4/c1-16-6-8-18(9-7-16)21(25)15-28-22(26)12-13-24-23(27)20-11-10-17-4-2-3-5-19(17)14-20/h2-11,14H,12-13,15H2,1H3,(H,24,27). The topological polar surface area (TPSA) is 72.5 Å². The van der Waals surface area contributed by atoms with Crippen molar-refractivity contribution in [1.82, 2.24) is 5.32 Å². The lowest BCUT2D eigenvalue weighted by Crippen LogP contribution is -2.27. The molecule has 0 atom stereocenters. The van der Waals surface area contributed by atoms with Crippen LogP contribution < -0.4 is 5.32 Å². The van der Waals surface area contributed by atoms with Crippen molar-refractivity contribution in [2.75, 3.05) is 13.2 Å². The van der Waals surface area contributed by atoms with Crippen LogP contribution in [0.5, 0.6) is 0 Å². The molecule has 1 N–H and O–H groups in total. The molecule has 3 aromatic carbocycles. The van der Waals surface area contributed by atoms with Gasteiger partial charge in [0.2, 0.25) is 0 Å². The first-order chi connectivity index (χ1) is 13.5. The smallest absolute Gasteiger partial charge is 0.308 e. The minimum Gasteiger partial charge on any atom is -0.457 e. The van der Waals surface area contributed by atoms with E-state index in [0.717, 1.165) is 16.3 Å². The molecule has 0 radical (unpaired) electrons. The van der Waals surface area contributed by atoms with Crippen LogP contribution in [-0.4, -0.2) is 30.8 Å². The minimum absolute atomic E-state index is 0.000495. The average Bonchev–Trinajstić information content (AvgIpc) is 2.72. The minimum atomic E-state index is -0.528. The van der Waals surface area contributed by atoms with E-state index in [-0.39, 0.29) is 31.3 Å². The molecule has 28 heavy (non-hydrogen) atoms. The number of carbonyl (C=O) groups excluding carboxylic acids is 3. The van der Waals surface area contributed by atoms with Gasteiger partial charge >= 0.3 is 5.97 Å². The maximum atomic E-state index is 12.2. The third kappa shape index (κ3) is 5.04. The predicted molar refractivity (Wildman–Crippen MR) is 107 cm³/mol. The zero-order chi connectivity index (χ0) is 19.9. The zero-order valence-electron chi connectivity index (χ0n) is 15.6. The van der Waals surface area contributed by atoms with Crippen LogP contribution >= 0.6 is 0 Å². The van der Waals surface area contributed by atoms with Crippen LogP contribution in [0.2, 0.25) is 0 Å². The second-order valence-corrected chi connectivity index (χ2v) is 6.52. The lowest BCUT2D eigenvalue weighted by atomic mass is 10.1. The third-order valence-electron chi connectivity index (χ3n) is 4.36. The molecule has 3 aromatic rings. The number of hydrogen-bond donors (Lipinski definition) is 1. The first-order valence-electron chi connectivity index (χ1n) is 9.05. The summed E-state index contributed by atoms with van der Waals surface area (Å²) in [6, 6.07) is 20.3. The third-order valence-corrected chi connectivity index (χ3v) is 4.36. The number of amides is 1. The molecule has 0 bridgehead atoms. The summed E-state index contributed by atoms with van der Waals surface area (Å²) in [4.78, 5) is 36.0. The van der Waals surface area contributed by atoms with Crippen LogP contribution in [0.1, 0.15) is 32.7 Å². The Morgan fingerprint density at radius 1 is 0.857 bits per heavy atom. The second-order valence-electron chi connectivity index (χ2n) is 6.52. The molecular weight excluding hydrogens is 354 g/mol. The summed E-state index contributed by atoms with van der Waals surface area (Å²) in [7, 11) is 0. The van der Waals surface area contributed by atoms with Crippen LogP contribution in [0.25, 0.3) is 10.8 Å². The van der Waals surface area contributed by atoms with E-state index in [1.54, 1.807) is 18.2 Å². The summed E-state index contributed by atoms with van der Waals surface area (Å²) >= 11 is 0. The van der Waals surface area contributed by atoms with Crippen molar-refractivity contribution < 1.29 is 19.1 Å². The molecular formula is C23H21NO4. The fourth-order valence-electron chi connectivity index (χ4n) is 2.75. The Morgan fingerprint density at radius 3 is 2.29 bits per heavy atom. The van der Waals surface area contributed by atoms with E-state index in [9.17, 15) is 14.4 Å². The first kappa shape index (κ1) is 19.3. The lowest BCUT2D eigenvalue weighted by molar-refractivity contribution is -0.142. The van der Waals surface area contributed by atoms with Gasteiger partial charge in [-0.05, 0) is 29.8 Å². The molecule has 0 aliphatic heterocycles. The van der Waals surface area contributed by atoms with Gasteiger partial charge < -0.3 is 10.1 Å². The SMILES string of the molecule is Cc1ccc(C(=O)COC(=O)CCNC(=O)c2ccc3ccccc3c2)cc1. The van der Waals surface area contributed by atoms with Gasteiger partial charge in [-0.25, -0.2) is 0 Å². The molecule has 0 heterocycles. The fourth-order valence-corrected chi connectivity index (χ4v) is 2.75. The largest absolute Gasteiger partial charge is 0.457 e. The summed E-state index contributed by atoms with van der Waals surface area (Å²) in [6.07, 6.45) is 0.000495. The Balaban J connectivity index is 1.43. The number of ether oxygens (including phenoxy) is 1. The molecule has 142 valence electrons. The molecule has 0 spiro atoms. The van der Waals surface area contributed by atoms with Gasteiger partial charge in [0.05, 0.1) is 6.42 Å². The van der Waals surface area contributed by atoms with E-state index >= 15 is 0 Å². The number of ketones is 1. The van der Waals surface area contributed by atoms with Crippen LogP contribution in [0, 0.1) is 6.92 Å². The van der Waals surface area contributed by atoms with Crippen molar-refractivity contribution in [2.24, 2.45) is 0 Å². The van der Waals surface area contributed by atoms with Crippen molar-refractivity contribution in [3.63, 3.8) is 0 Å².